The molecule has 2 aromatic rings. The van der Waals surface area contributed by atoms with Crippen LogP contribution in [-0.4, -0.2) is 65.4 Å². The molecule has 0 radical (unpaired) electrons. The lowest BCUT2D eigenvalue weighted by atomic mass is 9.96. The standard InChI is InChI=1S/C29H34F4N2O7/c1-29(2,3)42-23(37)12-11-21(22(36)16-40-26-24(32)19(30)14-20(31)25(26)33)34-27(38)17-8-7-13-35(15-17)28(39)41-18-9-5-4-6-10-18/h4-6,9-10,14,17,21-22,36H,7-8,11-13,15-16H2,1-3H3,(H,34,38)/t17-,21+,22?/m1/s1. The number of carbonyl (C=O) groups excluding carboxylic acids is 3. The molecule has 1 saturated heterocycles. The van der Waals surface area contributed by atoms with Crippen molar-refractivity contribution >= 4 is 18.0 Å². The highest BCUT2D eigenvalue weighted by atomic mass is 19.2. The number of esters is 1. The molecule has 3 atom stereocenters. The van der Waals surface area contributed by atoms with Gasteiger partial charge in [0.1, 0.15) is 24.1 Å². The van der Waals surface area contributed by atoms with Crippen LogP contribution in [0.15, 0.2) is 36.4 Å². The van der Waals surface area contributed by atoms with Crippen LogP contribution in [0.5, 0.6) is 11.5 Å². The van der Waals surface area contributed by atoms with Crippen molar-refractivity contribution in [2.75, 3.05) is 19.7 Å². The van der Waals surface area contributed by atoms with E-state index in [-0.39, 0.29) is 25.5 Å². The molecule has 3 rings (SSSR count). The number of nitrogens with zero attached hydrogens (tertiary/aromatic N) is 1. The summed E-state index contributed by atoms with van der Waals surface area (Å²) in [5, 5.41) is 13.4. The maximum Gasteiger partial charge on any atom is 0.415 e. The number of para-hydroxylation sites is 1. The summed E-state index contributed by atoms with van der Waals surface area (Å²) >= 11 is 0. The lowest BCUT2D eigenvalue weighted by Gasteiger charge is -2.33. The van der Waals surface area contributed by atoms with Gasteiger partial charge in [-0.05, 0) is 52.2 Å². The monoisotopic (exact) mass is 598 g/mol. The molecule has 42 heavy (non-hydrogen) atoms. The number of benzene rings is 2. The Morgan fingerprint density at radius 3 is 2.33 bits per heavy atom. The van der Waals surface area contributed by atoms with E-state index in [2.05, 4.69) is 5.32 Å². The largest absolute Gasteiger partial charge is 0.485 e. The molecule has 0 bridgehead atoms. The number of likely N-dealkylation sites (tertiary alicyclic amines) is 1. The van der Waals surface area contributed by atoms with Crippen molar-refractivity contribution in [3.8, 4) is 11.5 Å². The molecular weight excluding hydrogens is 564 g/mol. The summed E-state index contributed by atoms with van der Waals surface area (Å²) in [4.78, 5) is 39.5. The first-order valence-electron chi connectivity index (χ1n) is 13.4. The number of nitrogens with one attached hydrogen (secondary N) is 1. The normalized spacial score (nSPS) is 16.8. The Labute approximate surface area is 240 Å². The van der Waals surface area contributed by atoms with Gasteiger partial charge in [0.15, 0.2) is 17.4 Å². The number of aliphatic hydroxyl groups is 1. The highest BCUT2D eigenvalue weighted by Gasteiger charge is 2.33. The van der Waals surface area contributed by atoms with Crippen LogP contribution < -0.4 is 14.8 Å². The van der Waals surface area contributed by atoms with Crippen LogP contribution >= 0.6 is 0 Å². The quantitative estimate of drug-likeness (QED) is 0.235. The highest BCUT2D eigenvalue weighted by molar-refractivity contribution is 5.80. The molecule has 1 aliphatic rings. The number of rotatable bonds is 10. The summed E-state index contributed by atoms with van der Waals surface area (Å²) < 4.78 is 70.7. The van der Waals surface area contributed by atoms with Crippen molar-refractivity contribution in [2.45, 2.75) is 64.2 Å². The van der Waals surface area contributed by atoms with Gasteiger partial charge >= 0.3 is 12.1 Å². The fourth-order valence-corrected chi connectivity index (χ4v) is 4.30. The molecule has 2 N–H and O–H groups in total. The van der Waals surface area contributed by atoms with Gasteiger partial charge in [-0.15, -0.1) is 0 Å². The Kier molecular flexibility index (Phi) is 11.1. The van der Waals surface area contributed by atoms with Gasteiger partial charge in [-0.25, -0.2) is 13.6 Å². The molecule has 0 saturated carbocycles. The summed E-state index contributed by atoms with van der Waals surface area (Å²) in [5.41, 5.74) is -0.798. The molecule has 2 aromatic carbocycles. The van der Waals surface area contributed by atoms with Gasteiger partial charge in [-0.3, -0.25) is 9.59 Å². The highest BCUT2D eigenvalue weighted by Crippen LogP contribution is 2.27. The predicted octanol–water partition coefficient (Wildman–Crippen LogP) is 4.50. The Bertz CT molecular complexity index is 1230. The first-order chi connectivity index (χ1) is 19.7. The van der Waals surface area contributed by atoms with Crippen LogP contribution in [0.25, 0.3) is 0 Å². The molecule has 230 valence electrons. The van der Waals surface area contributed by atoms with E-state index in [4.69, 9.17) is 14.2 Å². The van der Waals surface area contributed by atoms with Gasteiger partial charge in [0.05, 0.1) is 12.0 Å². The second kappa shape index (κ2) is 14.3. The van der Waals surface area contributed by atoms with Crippen molar-refractivity contribution in [3.63, 3.8) is 0 Å². The third kappa shape index (κ3) is 9.33. The topological polar surface area (TPSA) is 114 Å². The minimum atomic E-state index is -1.79. The van der Waals surface area contributed by atoms with E-state index in [0.717, 1.165) is 0 Å². The second-order valence-electron chi connectivity index (χ2n) is 10.9. The van der Waals surface area contributed by atoms with Crippen LogP contribution in [0.2, 0.25) is 0 Å². The molecular formula is C29H34F4N2O7. The van der Waals surface area contributed by atoms with Crippen molar-refractivity contribution in [2.24, 2.45) is 5.92 Å². The van der Waals surface area contributed by atoms with Crippen molar-refractivity contribution in [3.05, 3.63) is 59.7 Å². The van der Waals surface area contributed by atoms with Crippen LogP contribution in [0.3, 0.4) is 0 Å². The fourth-order valence-electron chi connectivity index (χ4n) is 4.30. The molecule has 0 aliphatic carbocycles. The van der Waals surface area contributed by atoms with Crippen molar-refractivity contribution < 1.29 is 51.3 Å². The van der Waals surface area contributed by atoms with E-state index in [1.807, 2.05) is 0 Å². The molecule has 2 amide bonds. The molecule has 0 spiro atoms. The second-order valence-corrected chi connectivity index (χ2v) is 10.9. The number of ether oxygens (including phenoxy) is 3. The number of hydrogen-bond acceptors (Lipinski definition) is 7. The summed E-state index contributed by atoms with van der Waals surface area (Å²) in [6.45, 7) is 4.47. The molecule has 9 nitrogen and oxygen atoms in total. The Hall–Kier alpha value is -3.87. The van der Waals surface area contributed by atoms with Crippen LogP contribution in [0, 0.1) is 29.2 Å². The van der Waals surface area contributed by atoms with Crippen LogP contribution in [-0.2, 0) is 14.3 Å². The third-order valence-corrected chi connectivity index (χ3v) is 6.34. The fraction of sp³-hybridized carbons (Fsp3) is 0.483. The Balaban J connectivity index is 1.68. The van der Waals surface area contributed by atoms with E-state index < -0.39 is 77.3 Å². The van der Waals surface area contributed by atoms with Crippen molar-refractivity contribution in [1.29, 1.82) is 0 Å². The zero-order chi connectivity index (χ0) is 31.0. The van der Waals surface area contributed by atoms with Gasteiger partial charge in [-0.2, -0.15) is 8.78 Å². The van der Waals surface area contributed by atoms with E-state index in [9.17, 15) is 37.1 Å². The van der Waals surface area contributed by atoms with Crippen molar-refractivity contribution in [1.82, 2.24) is 10.2 Å². The SMILES string of the molecule is CC(C)(C)OC(=O)CC[C@H](NC(=O)[C@@H]1CCCN(C(=O)Oc2ccccc2)C1)C(O)COc1c(F)c(F)cc(F)c1F. The number of halogens is 4. The molecule has 0 aromatic heterocycles. The third-order valence-electron chi connectivity index (χ3n) is 6.34. The molecule has 13 heteroatoms. The minimum absolute atomic E-state index is 0.0148. The number of aliphatic hydroxyl groups excluding tert-OH is 1. The maximum absolute atomic E-state index is 14.0. The van der Waals surface area contributed by atoms with E-state index >= 15 is 0 Å². The average Bonchev–Trinajstić information content (AvgIpc) is 2.93. The van der Waals surface area contributed by atoms with E-state index in [1.54, 1.807) is 51.1 Å². The van der Waals surface area contributed by atoms with Gasteiger partial charge < -0.3 is 29.5 Å². The molecule has 1 heterocycles. The summed E-state index contributed by atoms with van der Waals surface area (Å²) in [6.07, 6.45) is -1.83. The summed E-state index contributed by atoms with van der Waals surface area (Å²) in [6, 6.07) is 7.22. The smallest absolute Gasteiger partial charge is 0.415 e. The number of amides is 2. The zero-order valence-electron chi connectivity index (χ0n) is 23.5. The Morgan fingerprint density at radius 1 is 1.07 bits per heavy atom. The minimum Gasteiger partial charge on any atom is -0.485 e. The maximum atomic E-state index is 14.0. The summed E-state index contributed by atoms with van der Waals surface area (Å²) in [7, 11) is 0. The van der Waals surface area contributed by atoms with Gasteiger partial charge in [0.25, 0.3) is 0 Å². The average molecular weight is 599 g/mol. The molecule has 1 unspecified atom stereocenters. The lowest BCUT2D eigenvalue weighted by Crippen LogP contribution is -2.52. The number of hydrogen-bond donors (Lipinski definition) is 2. The number of carbonyl (C=O) groups is 3. The van der Waals surface area contributed by atoms with E-state index in [1.165, 1.54) is 4.90 Å². The van der Waals surface area contributed by atoms with Crippen LogP contribution in [0.1, 0.15) is 46.5 Å². The van der Waals surface area contributed by atoms with Gasteiger partial charge in [-0.1, -0.05) is 18.2 Å². The van der Waals surface area contributed by atoms with E-state index in [0.29, 0.717) is 25.1 Å². The van der Waals surface area contributed by atoms with Crippen LogP contribution in [0.4, 0.5) is 22.4 Å². The first kappa shape index (κ1) is 32.6. The number of piperidine rings is 1. The Morgan fingerprint density at radius 2 is 1.71 bits per heavy atom. The van der Waals surface area contributed by atoms with Gasteiger partial charge in [0, 0.05) is 25.6 Å². The predicted molar refractivity (Wildman–Crippen MR) is 142 cm³/mol. The zero-order valence-corrected chi connectivity index (χ0v) is 23.5. The molecule has 1 aliphatic heterocycles. The van der Waals surface area contributed by atoms with Gasteiger partial charge in [0.2, 0.25) is 17.5 Å². The molecule has 1 fully saturated rings. The first-order valence-corrected chi connectivity index (χ1v) is 13.4. The summed E-state index contributed by atoms with van der Waals surface area (Å²) in [5.74, 6) is -9.90. The lowest BCUT2D eigenvalue weighted by molar-refractivity contribution is -0.155.